The number of aliphatic hydroxyl groups is 2. The number of fused-ring (bicyclic) bond motifs is 1. The number of hydrogen-bond donors (Lipinski definition) is 4. The number of aryl methyl sites for hydroxylation is 1. The molecular weight excluding hydrogens is 807 g/mol. The van der Waals surface area contributed by atoms with Crippen molar-refractivity contribution < 1.29 is 57.8 Å². The molecule has 3 fully saturated rings. The number of likely N-dealkylation sites (N-methyl/N-ethyl adjacent to an activating group) is 2. The molecule has 19 heteroatoms. The first-order chi connectivity index (χ1) is 29.0. The third kappa shape index (κ3) is 11.2. The van der Waals surface area contributed by atoms with Crippen LogP contribution in [0.4, 0.5) is 9.59 Å². The van der Waals surface area contributed by atoms with Crippen molar-refractivity contribution in [3.63, 3.8) is 0 Å². The first kappa shape index (κ1) is 48.6. The number of nitrogens with one attached hydrogen (secondary N) is 2. The van der Waals surface area contributed by atoms with Crippen LogP contribution in [0.2, 0.25) is 0 Å². The summed E-state index contributed by atoms with van der Waals surface area (Å²) >= 11 is 0. The van der Waals surface area contributed by atoms with Gasteiger partial charge in [0, 0.05) is 30.1 Å². The maximum Gasteiger partial charge on any atom is 0.509 e. The Bertz CT molecular complexity index is 1860. The molecule has 0 aliphatic carbocycles. The van der Waals surface area contributed by atoms with Gasteiger partial charge in [-0.05, 0) is 87.9 Å². The average Bonchev–Trinajstić information content (AvgIpc) is 3.79. The standard InChI is InChI=1S/C43H67N7O12/c1-13-32-43(9)37(61-41(55)62-43)28(7)49(12)20-24(3)19-42(8,56)36(60-39-34(52)31(48(10)11)18-25(4)57-39)26(5)35(27(6)38(53)58-32)59-40(54)46-45-33(51)22-50-21-30(44-47-50)29-16-14-23(2)15-17-29/h14-17,21,24-28,31-32,34-37,39,52,56H,13,18-20,22H2,1-12H3,(H,45,51)(H,46,54)/t24-,25-,26+,27-,28-,31+,32-,34-,35+,36-,37-,39+,42-,43-/m1/s1. The van der Waals surface area contributed by atoms with Crippen LogP contribution in [0, 0.1) is 24.7 Å². The molecule has 3 saturated heterocycles. The van der Waals surface area contributed by atoms with Crippen molar-refractivity contribution in [2.45, 2.75) is 154 Å². The number of cyclic esters (lactones) is 1. The van der Waals surface area contributed by atoms with Crippen LogP contribution in [0.3, 0.4) is 0 Å². The Morgan fingerprint density at radius 2 is 1.73 bits per heavy atom. The monoisotopic (exact) mass is 873 g/mol. The number of ether oxygens (including phenoxy) is 6. The van der Waals surface area contributed by atoms with E-state index in [4.69, 9.17) is 28.4 Å². The highest BCUT2D eigenvalue weighted by molar-refractivity contribution is 5.79. The second-order valence-electron chi connectivity index (χ2n) is 18.2. The number of aliphatic hydroxyl groups excluding tert-OH is 1. The van der Waals surface area contributed by atoms with Gasteiger partial charge in [0.25, 0.3) is 5.91 Å². The highest BCUT2D eigenvalue weighted by Gasteiger charge is 2.58. The molecule has 14 atom stereocenters. The summed E-state index contributed by atoms with van der Waals surface area (Å²) < 4.78 is 37.8. The van der Waals surface area contributed by atoms with Gasteiger partial charge in [0.2, 0.25) is 0 Å². The van der Waals surface area contributed by atoms with Gasteiger partial charge in [-0.1, -0.05) is 55.8 Å². The van der Waals surface area contributed by atoms with E-state index in [2.05, 4.69) is 21.2 Å². The number of rotatable bonds is 8. The van der Waals surface area contributed by atoms with Crippen molar-refractivity contribution in [1.29, 1.82) is 0 Å². The van der Waals surface area contributed by atoms with Crippen molar-refractivity contribution in [1.82, 2.24) is 35.6 Å². The number of benzene rings is 1. The quantitative estimate of drug-likeness (QED) is 0.170. The summed E-state index contributed by atoms with van der Waals surface area (Å²) in [5.74, 6) is -3.88. The molecule has 1 aromatic heterocycles. The number of hydrazine groups is 1. The molecule has 3 aliphatic heterocycles. The predicted octanol–water partition coefficient (Wildman–Crippen LogP) is 3.19. The zero-order valence-electron chi connectivity index (χ0n) is 38.1. The maximum absolute atomic E-state index is 14.3. The van der Waals surface area contributed by atoms with Crippen LogP contribution in [0.5, 0.6) is 0 Å². The van der Waals surface area contributed by atoms with E-state index < -0.39 is 90.0 Å². The highest BCUT2D eigenvalue weighted by Crippen LogP contribution is 2.40. The van der Waals surface area contributed by atoms with Crippen LogP contribution in [0.25, 0.3) is 11.3 Å². The average molecular weight is 874 g/mol. The molecule has 0 bridgehead atoms. The van der Waals surface area contributed by atoms with Crippen LogP contribution < -0.4 is 10.9 Å². The number of nitrogens with zero attached hydrogens (tertiary/aromatic N) is 5. The van der Waals surface area contributed by atoms with Gasteiger partial charge in [0.1, 0.15) is 30.6 Å². The molecule has 19 nitrogen and oxygen atoms in total. The van der Waals surface area contributed by atoms with E-state index in [0.717, 1.165) is 11.1 Å². The van der Waals surface area contributed by atoms with E-state index >= 15 is 0 Å². The van der Waals surface area contributed by atoms with E-state index in [1.165, 1.54) is 11.6 Å². The molecule has 3 aliphatic rings. The Balaban J connectivity index is 1.45. The summed E-state index contributed by atoms with van der Waals surface area (Å²) in [5.41, 5.74) is 3.95. The van der Waals surface area contributed by atoms with Crippen LogP contribution in [0.15, 0.2) is 30.5 Å². The zero-order valence-corrected chi connectivity index (χ0v) is 38.1. The van der Waals surface area contributed by atoms with Gasteiger partial charge >= 0.3 is 18.2 Å². The normalized spacial score (nSPS) is 36.3. The summed E-state index contributed by atoms with van der Waals surface area (Å²) in [6.45, 7) is 16.0. The summed E-state index contributed by atoms with van der Waals surface area (Å²) in [6.07, 6.45) is -6.59. The van der Waals surface area contributed by atoms with E-state index in [0.29, 0.717) is 18.7 Å². The van der Waals surface area contributed by atoms with Gasteiger partial charge in [-0.3, -0.25) is 19.9 Å². The van der Waals surface area contributed by atoms with E-state index in [1.54, 1.807) is 33.9 Å². The number of aromatic nitrogens is 3. The molecule has 0 unspecified atom stereocenters. The van der Waals surface area contributed by atoms with Crippen molar-refractivity contribution in [2.24, 2.45) is 17.8 Å². The van der Waals surface area contributed by atoms with E-state index in [9.17, 15) is 29.4 Å². The minimum Gasteiger partial charge on any atom is -0.458 e. The second-order valence-corrected chi connectivity index (χ2v) is 18.2. The molecule has 1 aromatic carbocycles. The molecule has 4 N–H and O–H groups in total. The van der Waals surface area contributed by atoms with Crippen molar-refractivity contribution in [2.75, 3.05) is 27.7 Å². The maximum atomic E-state index is 14.3. The molecule has 62 heavy (non-hydrogen) atoms. The van der Waals surface area contributed by atoms with Crippen molar-refractivity contribution in [3.05, 3.63) is 36.0 Å². The summed E-state index contributed by atoms with van der Waals surface area (Å²) in [5, 5.41) is 32.3. The summed E-state index contributed by atoms with van der Waals surface area (Å²) in [4.78, 5) is 57.6. The number of hydrogen-bond acceptors (Lipinski definition) is 16. The predicted molar refractivity (Wildman–Crippen MR) is 224 cm³/mol. The Labute approximate surface area is 364 Å². The smallest absolute Gasteiger partial charge is 0.458 e. The molecule has 2 aromatic rings. The lowest BCUT2D eigenvalue weighted by Crippen LogP contribution is -2.59. The molecular formula is C43H67N7O12. The van der Waals surface area contributed by atoms with Crippen LogP contribution in [0.1, 0.15) is 80.2 Å². The molecule has 5 rings (SSSR count). The molecule has 4 heterocycles. The number of amides is 2. The Morgan fingerprint density at radius 3 is 2.37 bits per heavy atom. The third-order valence-electron chi connectivity index (χ3n) is 12.6. The zero-order chi connectivity index (χ0) is 45.8. The summed E-state index contributed by atoms with van der Waals surface area (Å²) in [7, 11) is 5.56. The first-order valence-corrected chi connectivity index (χ1v) is 21.4. The van der Waals surface area contributed by atoms with Crippen LogP contribution in [-0.2, 0) is 44.6 Å². The number of esters is 1. The van der Waals surface area contributed by atoms with Gasteiger partial charge < -0.3 is 43.5 Å². The fourth-order valence-electron chi connectivity index (χ4n) is 9.24. The van der Waals surface area contributed by atoms with Gasteiger partial charge in [-0.15, -0.1) is 5.10 Å². The highest BCUT2D eigenvalue weighted by atomic mass is 16.8. The Kier molecular flexibility index (Phi) is 15.7. The van der Waals surface area contributed by atoms with Gasteiger partial charge in [-0.2, -0.15) is 0 Å². The lowest BCUT2D eigenvalue weighted by molar-refractivity contribution is -0.299. The largest absolute Gasteiger partial charge is 0.509 e. The molecule has 0 radical (unpaired) electrons. The molecule has 0 saturated carbocycles. The Morgan fingerprint density at radius 1 is 1.05 bits per heavy atom. The molecule has 346 valence electrons. The summed E-state index contributed by atoms with van der Waals surface area (Å²) in [6, 6.07) is 6.90. The van der Waals surface area contributed by atoms with E-state index in [-0.39, 0.29) is 37.5 Å². The SMILES string of the molecule is CC[C@H]1OC(=O)[C@H](C)[C@@H](OC(=O)NNC(=O)Cn2cc(-c3ccc(C)cc3)nn2)[C@H](C)[C@@H](O[C@@H]2O[C@H](C)C[C@H](N(C)C)[C@H]2O)[C@](C)(O)C[C@@H](C)CN(C)[C@H](C)[C@H]2OC(=O)O[C@@]21C. The Hall–Kier alpha value is -4.40. The van der Waals surface area contributed by atoms with E-state index in [1.807, 2.05) is 82.9 Å². The van der Waals surface area contributed by atoms with Crippen LogP contribution >= 0.6 is 0 Å². The number of carbonyl (C=O) groups is 4. The van der Waals surface area contributed by atoms with Crippen molar-refractivity contribution >= 4 is 24.1 Å². The second kappa shape index (κ2) is 20.0. The first-order valence-electron chi connectivity index (χ1n) is 21.4. The fraction of sp³-hybridized carbons (Fsp3) is 0.721. The van der Waals surface area contributed by atoms with Gasteiger partial charge in [0.15, 0.2) is 18.0 Å². The minimum atomic E-state index is -1.69. The van der Waals surface area contributed by atoms with Gasteiger partial charge in [-0.25, -0.2) is 19.7 Å². The van der Waals surface area contributed by atoms with Crippen LogP contribution in [-0.4, -0.2) is 153 Å². The van der Waals surface area contributed by atoms with Gasteiger partial charge in [0.05, 0.1) is 29.9 Å². The third-order valence-corrected chi connectivity index (χ3v) is 12.6. The lowest BCUT2D eigenvalue weighted by Gasteiger charge is -2.47. The molecule has 0 spiro atoms. The fourth-order valence-corrected chi connectivity index (χ4v) is 9.24. The lowest BCUT2D eigenvalue weighted by atomic mass is 9.77. The molecule has 2 amide bonds. The van der Waals surface area contributed by atoms with Crippen molar-refractivity contribution in [3.8, 4) is 11.3 Å². The minimum absolute atomic E-state index is 0.145. The topological polar surface area (TPSA) is 225 Å². The number of carbonyl (C=O) groups excluding carboxylic acids is 4.